The van der Waals surface area contributed by atoms with Crippen LogP contribution in [0.15, 0.2) is 0 Å². The van der Waals surface area contributed by atoms with Crippen LogP contribution >= 0.6 is 0 Å². The second kappa shape index (κ2) is 6.88. The first-order valence-corrected chi connectivity index (χ1v) is 7.73. The summed E-state index contributed by atoms with van der Waals surface area (Å²) in [5.41, 5.74) is 0. The summed E-state index contributed by atoms with van der Waals surface area (Å²) in [6.45, 7) is 8.93. The molecule has 0 radical (unpaired) electrons. The lowest BCUT2D eigenvalue weighted by atomic mass is 9.78. The minimum Gasteiger partial charge on any atom is -0.378 e. The lowest BCUT2D eigenvalue weighted by Crippen LogP contribution is -2.51. The van der Waals surface area contributed by atoms with Crippen molar-refractivity contribution in [1.29, 1.82) is 0 Å². The van der Waals surface area contributed by atoms with Crippen molar-refractivity contribution >= 4 is 0 Å². The van der Waals surface area contributed by atoms with E-state index in [9.17, 15) is 0 Å². The van der Waals surface area contributed by atoms with E-state index in [-0.39, 0.29) is 0 Å². The molecule has 4 atom stereocenters. The molecule has 1 aliphatic heterocycles. The quantitative estimate of drug-likeness (QED) is 0.832. The van der Waals surface area contributed by atoms with Crippen LogP contribution in [0.2, 0.25) is 0 Å². The Hall–Kier alpha value is -0.120. The fourth-order valence-corrected chi connectivity index (χ4v) is 3.69. The van der Waals surface area contributed by atoms with E-state index >= 15 is 0 Å². The molecule has 2 rings (SSSR count). The van der Waals surface area contributed by atoms with Crippen molar-refractivity contribution in [3.8, 4) is 0 Å². The van der Waals surface area contributed by atoms with Crippen LogP contribution < -0.4 is 5.32 Å². The van der Waals surface area contributed by atoms with Gasteiger partial charge in [0.25, 0.3) is 0 Å². The van der Waals surface area contributed by atoms with E-state index in [1.165, 1.54) is 32.2 Å². The number of ether oxygens (including phenoxy) is 1. The van der Waals surface area contributed by atoms with Crippen molar-refractivity contribution < 1.29 is 4.74 Å². The van der Waals surface area contributed by atoms with Gasteiger partial charge < -0.3 is 10.1 Å². The van der Waals surface area contributed by atoms with Gasteiger partial charge in [0.15, 0.2) is 0 Å². The third kappa shape index (κ3) is 3.46. The zero-order valence-electron chi connectivity index (χ0n) is 12.3. The SMILES string of the molecule is CCC1COCCN1CC1CC(C)CCC1NC. The lowest BCUT2D eigenvalue weighted by molar-refractivity contribution is -0.0217. The molecule has 3 nitrogen and oxygen atoms in total. The van der Waals surface area contributed by atoms with Gasteiger partial charge in [-0.3, -0.25) is 4.90 Å². The third-order valence-electron chi connectivity index (χ3n) is 4.91. The Morgan fingerprint density at radius 2 is 2.17 bits per heavy atom. The molecule has 1 saturated heterocycles. The summed E-state index contributed by atoms with van der Waals surface area (Å²) in [7, 11) is 2.13. The molecule has 0 bridgehead atoms. The average molecular weight is 254 g/mol. The van der Waals surface area contributed by atoms with Crippen molar-refractivity contribution in [3.05, 3.63) is 0 Å². The first kappa shape index (κ1) is 14.3. The number of hydrogen-bond acceptors (Lipinski definition) is 3. The largest absolute Gasteiger partial charge is 0.378 e. The maximum absolute atomic E-state index is 5.61. The molecule has 2 aliphatic rings. The van der Waals surface area contributed by atoms with Crippen molar-refractivity contribution in [2.45, 2.75) is 51.6 Å². The Kier molecular flexibility index (Phi) is 5.46. The van der Waals surface area contributed by atoms with E-state index in [0.29, 0.717) is 6.04 Å². The number of nitrogens with zero attached hydrogens (tertiary/aromatic N) is 1. The van der Waals surface area contributed by atoms with Gasteiger partial charge in [-0.15, -0.1) is 0 Å². The van der Waals surface area contributed by atoms with E-state index in [2.05, 4.69) is 31.1 Å². The number of hydrogen-bond donors (Lipinski definition) is 1. The summed E-state index contributed by atoms with van der Waals surface area (Å²) in [4.78, 5) is 2.68. The van der Waals surface area contributed by atoms with Gasteiger partial charge in [-0.25, -0.2) is 0 Å². The summed E-state index contributed by atoms with van der Waals surface area (Å²) >= 11 is 0. The summed E-state index contributed by atoms with van der Waals surface area (Å²) in [6.07, 6.45) is 5.34. The van der Waals surface area contributed by atoms with Gasteiger partial charge in [-0.05, 0) is 44.6 Å². The van der Waals surface area contributed by atoms with E-state index in [0.717, 1.165) is 37.6 Å². The Labute approximate surface area is 112 Å². The van der Waals surface area contributed by atoms with Crippen LogP contribution in [0.4, 0.5) is 0 Å². The van der Waals surface area contributed by atoms with E-state index in [4.69, 9.17) is 4.74 Å². The Morgan fingerprint density at radius 3 is 2.89 bits per heavy atom. The topological polar surface area (TPSA) is 24.5 Å². The maximum atomic E-state index is 5.61. The number of nitrogens with one attached hydrogen (secondary N) is 1. The maximum Gasteiger partial charge on any atom is 0.0622 e. The van der Waals surface area contributed by atoms with E-state index in [1.54, 1.807) is 0 Å². The molecule has 4 unspecified atom stereocenters. The molecule has 1 aliphatic carbocycles. The van der Waals surface area contributed by atoms with Crippen LogP contribution in [-0.2, 0) is 4.74 Å². The summed E-state index contributed by atoms with van der Waals surface area (Å²) in [5.74, 6) is 1.73. The zero-order chi connectivity index (χ0) is 13.0. The second-order valence-electron chi connectivity index (χ2n) is 6.21. The van der Waals surface area contributed by atoms with Gasteiger partial charge in [0.1, 0.15) is 0 Å². The number of morpholine rings is 1. The summed E-state index contributed by atoms with van der Waals surface area (Å²) in [5, 5.41) is 3.54. The predicted octanol–water partition coefficient (Wildman–Crippen LogP) is 2.12. The molecule has 1 saturated carbocycles. The molecule has 0 aromatic heterocycles. The average Bonchev–Trinajstić information content (AvgIpc) is 2.40. The van der Waals surface area contributed by atoms with Gasteiger partial charge in [0, 0.05) is 25.2 Å². The summed E-state index contributed by atoms with van der Waals surface area (Å²) in [6, 6.07) is 1.37. The molecular weight excluding hydrogens is 224 g/mol. The molecule has 18 heavy (non-hydrogen) atoms. The van der Waals surface area contributed by atoms with Crippen LogP contribution in [0.5, 0.6) is 0 Å². The fraction of sp³-hybridized carbons (Fsp3) is 1.00. The molecule has 106 valence electrons. The highest BCUT2D eigenvalue weighted by Crippen LogP contribution is 2.30. The lowest BCUT2D eigenvalue weighted by Gasteiger charge is -2.42. The van der Waals surface area contributed by atoms with Crippen molar-refractivity contribution in [2.75, 3.05) is 33.4 Å². The Morgan fingerprint density at radius 1 is 1.33 bits per heavy atom. The fourth-order valence-electron chi connectivity index (χ4n) is 3.69. The van der Waals surface area contributed by atoms with Gasteiger partial charge in [-0.2, -0.15) is 0 Å². The van der Waals surface area contributed by atoms with Crippen LogP contribution in [0.1, 0.15) is 39.5 Å². The minimum absolute atomic E-state index is 0.647. The van der Waals surface area contributed by atoms with Crippen LogP contribution in [0.25, 0.3) is 0 Å². The van der Waals surface area contributed by atoms with Gasteiger partial charge in [0.05, 0.1) is 13.2 Å². The Bertz CT molecular complexity index is 247. The molecule has 3 heteroatoms. The molecule has 1 N–H and O–H groups in total. The molecular formula is C15H30N2O. The molecule has 0 amide bonds. The predicted molar refractivity (Wildman–Crippen MR) is 75.8 cm³/mol. The molecule has 0 aromatic rings. The van der Waals surface area contributed by atoms with Crippen molar-refractivity contribution in [1.82, 2.24) is 10.2 Å². The number of rotatable bonds is 4. The standard InChI is InChI=1S/C15H30N2O/c1-4-14-11-18-8-7-17(14)10-13-9-12(2)5-6-15(13)16-3/h12-16H,4-11H2,1-3H3. The van der Waals surface area contributed by atoms with Gasteiger partial charge >= 0.3 is 0 Å². The normalized spacial score (nSPS) is 38.8. The van der Waals surface area contributed by atoms with Gasteiger partial charge in [0.2, 0.25) is 0 Å². The van der Waals surface area contributed by atoms with Crippen LogP contribution in [-0.4, -0.2) is 50.3 Å². The van der Waals surface area contributed by atoms with Crippen LogP contribution in [0, 0.1) is 11.8 Å². The van der Waals surface area contributed by atoms with Crippen molar-refractivity contribution in [3.63, 3.8) is 0 Å². The molecule has 2 fully saturated rings. The minimum atomic E-state index is 0.647. The zero-order valence-corrected chi connectivity index (χ0v) is 12.3. The monoisotopic (exact) mass is 254 g/mol. The van der Waals surface area contributed by atoms with Crippen LogP contribution in [0.3, 0.4) is 0 Å². The molecule has 0 aromatic carbocycles. The van der Waals surface area contributed by atoms with E-state index < -0.39 is 0 Å². The highest BCUT2D eigenvalue weighted by molar-refractivity contribution is 4.87. The first-order valence-electron chi connectivity index (χ1n) is 7.73. The highest BCUT2D eigenvalue weighted by atomic mass is 16.5. The second-order valence-corrected chi connectivity index (χ2v) is 6.21. The van der Waals surface area contributed by atoms with Crippen molar-refractivity contribution in [2.24, 2.45) is 11.8 Å². The highest BCUT2D eigenvalue weighted by Gasteiger charge is 2.31. The summed E-state index contributed by atoms with van der Waals surface area (Å²) < 4.78 is 5.61. The molecule has 0 spiro atoms. The van der Waals surface area contributed by atoms with E-state index in [1.807, 2.05) is 0 Å². The first-order chi connectivity index (χ1) is 8.74. The third-order valence-corrected chi connectivity index (χ3v) is 4.91. The molecule has 1 heterocycles. The van der Waals surface area contributed by atoms with Gasteiger partial charge in [-0.1, -0.05) is 13.8 Å². The Balaban J connectivity index is 1.92. The smallest absolute Gasteiger partial charge is 0.0622 e.